The van der Waals surface area contributed by atoms with Crippen molar-refractivity contribution in [3.05, 3.63) is 53.9 Å². The second kappa shape index (κ2) is 6.39. The smallest absolute Gasteiger partial charge is 0.120 e. The van der Waals surface area contributed by atoms with Crippen molar-refractivity contribution < 1.29 is 9.84 Å². The van der Waals surface area contributed by atoms with Crippen LogP contribution in [0.25, 0.3) is 0 Å². The van der Waals surface area contributed by atoms with Gasteiger partial charge in [-0.25, -0.2) is 0 Å². The Morgan fingerprint density at radius 3 is 2.65 bits per heavy atom. The van der Waals surface area contributed by atoms with E-state index >= 15 is 0 Å². The molecule has 0 aliphatic heterocycles. The molecular formula is C16H20N2O2. The van der Waals surface area contributed by atoms with E-state index < -0.39 is 0 Å². The maximum Gasteiger partial charge on any atom is 0.120 e. The first-order valence-corrected chi connectivity index (χ1v) is 6.64. The molecule has 0 fully saturated rings. The zero-order valence-electron chi connectivity index (χ0n) is 12.0. The first-order valence-electron chi connectivity index (χ1n) is 6.64. The third kappa shape index (κ3) is 3.27. The Morgan fingerprint density at radius 1 is 1.20 bits per heavy atom. The minimum Gasteiger partial charge on any atom is -0.508 e. The molecule has 4 heteroatoms. The van der Waals surface area contributed by atoms with Gasteiger partial charge in [0.25, 0.3) is 0 Å². The van der Waals surface area contributed by atoms with Crippen molar-refractivity contribution in [2.45, 2.75) is 25.9 Å². The molecule has 20 heavy (non-hydrogen) atoms. The first kappa shape index (κ1) is 14.3. The Labute approximate surface area is 119 Å². The van der Waals surface area contributed by atoms with Gasteiger partial charge >= 0.3 is 0 Å². The molecule has 4 nitrogen and oxygen atoms in total. The van der Waals surface area contributed by atoms with E-state index in [1.54, 1.807) is 25.4 Å². The average Bonchev–Trinajstić information content (AvgIpc) is 2.48. The number of nitrogens with zero attached hydrogens (tertiary/aromatic N) is 1. The summed E-state index contributed by atoms with van der Waals surface area (Å²) in [5, 5.41) is 13.4. The van der Waals surface area contributed by atoms with Crippen molar-refractivity contribution in [3.63, 3.8) is 0 Å². The maximum absolute atomic E-state index is 9.98. The normalized spacial score (nSPS) is 13.8. The van der Waals surface area contributed by atoms with E-state index in [1.807, 2.05) is 31.3 Å². The van der Waals surface area contributed by atoms with Gasteiger partial charge in [-0.3, -0.25) is 4.98 Å². The van der Waals surface area contributed by atoms with Gasteiger partial charge in [-0.15, -0.1) is 0 Å². The van der Waals surface area contributed by atoms with Gasteiger partial charge in [0.05, 0.1) is 7.11 Å². The van der Waals surface area contributed by atoms with E-state index in [0.29, 0.717) is 0 Å². The summed E-state index contributed by atoms with van der Waals surface area (Å²) < 4.78 is 5.20. The van der Waals surface area contributed by atoms with Crippen LogP contribution in [0.4, 0.5) is 0 Å². The number of hydrogen-bond acceptors (Lipinski definition) is 4. The van der Waals surface area contributed by atoms with Crippen LogP contribution in [-0.2, 0) is 0 Å². The highest BCUT2D eigenvalue weighted by atomic mass is 16.5. The van der Waals surface area contributed by atoms with Crippen LogP contribution in [0, 0.1) is 0 Å². The van der Waals surface area contributed by atoms with Crippen molar-refractivity contribution in [2.24, 2.45) is 0 Å². The monoisotopic (exact) mass is 272 g/mol. The minimum atomic E-state index is 0.000283. The number of phenols is 1. The van der Waals surface area contributed by atoms with Crippen molar-refractivity contribution in [1.82, 2.24) is 10.3 Å². The molecule has 0 saturated carbocycles. The zero-order chi connectivity index (χ0) is 14.5. The molecule has 0 amide bonds. The predicted molar refractivity (Wildman–Crippen MR) is 78.9 cm³/mol. The number of pyridine rings is 1. The lowest BCUT2D eigenvalue weighted by Crippen LogP contribution is -2.22. The van der Waals surface area contributed by atoms with Crippen LogP contribution in [0.3, 0.4) is 0 Å². The number of phenolic OH excluding ortho intramolecular Hbond substituents is 1. The highest BCUT2D eigenvalue weighted by Crippen LogP contribution is 2.29. The van der Waals surface area contributed by atoms with E-state index in [9.17, 15) is 5.11 Å². The predicted octanol–water partition coefficient (Wildman–Crippen LogP) is 3.21. The van der Waals surface area contributed by atoms with E-state index in [2.05, 4.69) is 17.2 Å². The summed E-state index contributed by atoms with van der Waals surface area (Å²) in [7, 11) is 1.62. The second-order valence-electron chi connectivity index (χ2n) is 4.82. The molecule has 1 aromatic heterocycles. The Hall–Kier alpha value is -2.07. The molecule has 0 radical (unpaired) electrons. The molecule has 2 rings (SSSR count). The second-order valence-corrected chi connectivity index (χ2v) is 4.82. The van der Waals surface area contributed by atoms with Crippen LogP contribution >= 0.6 is 0 Å². The number of hydrogen-bond donors (Lipinski definition) is 2. The molecule has 2 N–H and O–H groups in total. The largest absolute Gasteiger partial charge is 0.508 e. The number of methoxy groups -OCH3 is 1. The molecule has 0 aliphatic carbocycles. The van der Waals surface area contributed by atoms with Gasteiger partial charge in [0.2, 0.25) is 0 Å². The van der Waals surface area contributed by atoms with Crippen LogP contribution < -0.4 is 10.1 Å². The molecule has 0 aliphatic rings. The van der Waals surface area contributed by atoms with Crippen LogP contribution in [-0.4, -0.2) is 17.2 Å². The highest BCUT2D eigenvalue weighted by molar-refractivity contribution is 5.41. The molecule has 1 heterocycles. The third-order valence-electron chi connectivity index (χ3n) is 3.39. The number of ether oxygens (including phenoxy) is 1. The van der Waals surface area contributed by atoms with Gasteiger partial charge in [-0.05, 0) is 43.7 Å². The Morgan fingerprint density at radius 2 is 2.00 bits per heavy atom. The van der Waals surface area contributed by atoms with Crippen molar-refractivity contribution in [3.8, 4) is 11.5 Å². The fourth-order valence-electron chi connectivity index (χ4n) is 2.20. The first-order chi connectivity index (χ1) is 9.61. The van der Waals surface area contributed by atoms with Gasteiger partial charge in [0.1, 0.15) is 11.5 Å². The molecular weight excluding hydrogens is 252 g/mol. The van der Waals surface area contributed by atoms with E-state index in [1.165, 1.54) is 0 Å². The van der Waals surface area contributed by atoms with Crippen molar-refractivity contribution in [2.75, 3.05) is 7.11 Å². The fraction of sp³-hybridized carbons (Fsp3) is 0.312. The number of aromatic nitrogens is 1. The topological polar surface area (TPSA) is 54.4 Å². The lowest BCUT2D eigenvalue weighted by Gasteiger charge is -2.21. The summed E-state index contributed by atoms with van der Waals surface area (Å²) in [4.78, 5) is 4.12. The summed E-state index contributed by atoms with van der Waals surface area (Å²) in [5.41, 5.74) is 1.93. The van der Waals surface area contributed by atoms with Gasteiger partial charge in [-0.1, -0.05) is 6.07 Å². The number of benzene rings is 1. The minimum absolute atomic E-state index is 0.000283. The highest BCUT2D eigenvalue weighted by Gasteiger charge is 2.15. The van der Waals surface area contributed by atoms with Gasteiger partial charge in [0.15, 0.2) is 0 Å². The van der Waals surface area contributed by atoms with Crippen molar-refractivity contribution in [1.29, 1.82) is 0 Å². The molecule has 0 saturated heterocycles. The lowest BCUT2D eigenvalue weighted by atomic mass is 10.0. The van der Waals surface area contributed by atoms with Crippen molar-refractivity contribution >= 4 is 0 Å². The fourth-order valence-corrected chi connectivity index (χ4v) is 2.20. The number of rotatable bonds is 5. The lowest BCUT2D eigenvalue weighted by molar-refractivity contribution is 0.405. The average molecular weight is 272 g/mol. The molecule has 106 valence electrons. The molecule has 0 spiro atoms. The van der Waals surface area contributed by atoms with Gasteiger partial charge < -0.3 is 15.2 Å². The number of aromatic hydroxyl groups is 1. The summed E-state index contributed by atoms with van der Waals surface area (Å²) >= 11 is 0. The van der Waals surface area contributed by atoms with E-state index in [-0.39, 0.29) is 17.8 Å². The maximum atomic E-state index is 9.98. The van der Waals surface area contributed by atoms with E-state index in [4.69, 9.17) is 4.74 Å². The third-order valence-corrected chi connectivity index (χ3v) is 3.39. The zero-order valence-corrected chi connectivity index (χ0v) is 12.0. The summed E-state index contributed by atoms with van der Waals surface area (Å²) in [6.07, 6.45) is 3.60. The quantitative estimate of drug-likeness (QED) is 0.877. The standard InChI is InChI=1S/C16H20N2O2/c1-11(13-5-4-8-17-10-13)18-12(2)15-9-14(20-3)6-7-16(15)19/h4-12,18-19H,1-3H3. The SMILES string of the molecule is COc1ccc(O)c(C(C)NC(C)c2cccnc2)c1. The van der Waals surface area contributed by atoms with E-state index in [0.717, 1.165) is 16.9 Å². The van der Waals surface area contributed by atoms with Crippen LogP contribution in [0.15, 0.2) is 42.7 Å². The summed E-state index contributed by atoms with van der Waals surface area (Å²) in [6, 6.07) is 9.34. The van der Waals surface area contributed by atoms with Crippen LogP contribution in [0.5, 0.6) is 11.5 Å². The van der Waals surface area contributed by atoms with Crippen LogP contribution in [0.1, 0.15) is 37.1 Å². The Kier molecular flexibility index (Phi) is 4.58. The molecule has 1 aromatic carbocycles. The molecule has 0 bridgehead atoms. The Balaban J connectivity index is 2.14. The van der Waals surface area contributed by atoms with Gasteiger partial charge in [0, 0.05) is 30.0 Å². The summed E-state index contributed by atoms with van der Waals surface area (Å²) in [6.45, 7) is 4.09. The number of nitrogens with one attached hydrogen (secondary N) is 1. The Bertz CT molecular complexity index is 558. The summed E-state index contributed by atoms with van der Waals surface area (Å²) in [5.74, 6) is 1.00. The molecule has 2 aromatic rings. The molecule has 2 atom stereocenters. The van der Waals surface area contributed by atoms with Gasteiger partial charge in [-0.2, -0.15) is 0 Å². The van der Waals surface area contributed by atoms with Crippen LogP contribution in [0.2, 0.25) is 0 Å². The molecule has 2 unspecified atom stereocenters.